The van der Waals surface area contributed by atoms with Crippen LogP contribution in [0.5, 0.6) is 0 Å². The van der Waals surface area contributed by atoms with Gasteiger partial charge in [0, 0.05) is 12.0 Å². The Morgan fingerprint density at radius 2 is 1.96 bits per heavy atom. The van der Waals surface area contributed by atoms with E-state index in [1.165, 1.54) is 9.25 Å². The monoisotopic (exact) mass is 369 g/mol. The summed E-state index contributed by atoms with van der Waals surface area (Å²) in [5.74, 6) is 0.0340. The summed E-state index contributed by atoms with van der Waals surface area (Å²) in [5, 5.41) is 4.33. The van der Waals surface area contributed by atoms with E-state index in [1.54, 1.807) is 12.1 Å². The van der Waals surface area contributed by atoms with Crippen LogP contribution >= 0.6 is 0 Å². The van der Waals surface area contributed by atoms with Crippen molar-refractivity contribution in [1.82, 2.24) is 14.3 Å². The summed E-state index contributed by atoms with van der Waals surface area (Å²) in [4.78, 5) is 38.0. The third kappa shape index (κ3) is 3.11. The molecule has 0 bridgehead atoms. The van der Waals surface area contributed by atoms with Crippen molar-refractivity contribution in [2.75, 3.05) is 0 Å². The second-order valence-corrected chi connectivity index (χ2v) is 8.14. The molecule has 0 amide bonds. The van der Waals surface area contributed by atoms with E-state index in [2.05, 4.69) is 5.10 Å². The van der Waals surface area contributed by atoms with E-state index < -0.39 is 17.3 Å². The number of Topliss-reactive ketones (excluding diaryl/α,β-unsaturated/α-hetero) is 1. The third-order valence-electron chi connectivity index (χ3n) is 5.44. The SMILES string of the molecule is Cc1ccc(C(=O)Cn2nc3n(c2=O)[C@@H]2C(=O)OC(C)(C)CC2CC3)cc1. The molecule has 7 heteroatoms. The van der Waals surface area contributed by atoms with E-state index >= 15 is 0 Å². The van der Waals surface area contributed by atoms with Crippen LogP contribution in [-0.4, -0.2) is 31.7 Å². The molecule has 1 aromatic heterocycles. The highest BCUT2D eigenvalue weighted by molar-refractivity contribution is 5.95. The molecule has 0 spiro atoms. The van der Waals surface area contributed by atoms with E-state index in [0.29, 0.717) is 24.2 Å². The van der Waals surface area contributed by atoms with Gasteiger partial charge in [0.25, 0.3) is 0 Å². The van der Waals surface area contributed by atoms with Gasteiger partial charge in [0.1, 0.15) is 24.0 Å². The van der Waals surface area contributed by atoms with Crippen LogP contribution in [0.1, 0.15) is 54.5 Å². The number of fused-ring (bicyclic) bond motifs is 3. The zero-order valence-corrected chi connectivity index (χ0v) is 15.8. The van der Waals surface area contributed by atoms with Crippen molar-refractivity contribution in [3.05, 3.63) is 51.7 Å². The van der Waals surface area contributed by atoms with Crippen LogP contribution < -0.4 is 5.69 Å². The van der Waals surface area contributed by atoms with E-state index in [-0.39, 0.29) is 24.2 Å². The molecule has 3 heterocycles. The Bertz CT molecular complexity index is 968. The van der Waals surface area contributed by atoms with Gasteiger partial charge in [-0.25, -0.2) is 14.3 Å². The Balaban J connectivity index is 1.64. The Labute approximate surface area is 156 Å². The lowest BCUT2D eigenvalue weighted by molar-refractivity contribution is -0.175. The van der Waals surface area contributed by atoms with Crippen LogP contribution in [0.25, 0.3) is 0 Å². The molecule has 0 saturated carbocycles. The smallest absolute Gasteiger partial charge is 0.347 e. The van der Waals surface area contributed by atoms with Gasteiger partial charge in [-0.15, -0.1) is 0 Å². The number of ketones is 1. The van der Waals surface area contributed by atoms with Gasteiger partial charge in [0.15, 0.2) is 5.78 Å². The Kier molecular flexibility index (Phi) is 4.05. The molecule has 1 fully saturated rings. The molecule has 27 heavy (non-hydrogen) atoms. The molecule has 0 radical (unpaired) electrons. The van der Waals surface area contributed by atoms with Crippen molar-refractivity contribution in [1.29, 1.82) is 0 Å². The van der Waals surface area contributed by atoms with Gasteiger partial charge < -0.3 is 4.74 Å². The van der Waals surface area contributed by atoms with Crippen LogP contribution in [-0.2, 0) is 22.5 Å². The number of aryl methyl sites for hydroxylation is 2. The number of nitrogens with zero attached hydrogens (tertiary/aromatic N) is 3. The second kappa shape index (κ2) is 6.18. The summed E-state index contributed by atoms with van der Waals surface area (Å²) in [6.45, 7) is 5.59. The normalized spacial score (nSPS) is 23.3. The molecular formula is C20H23N3O4. The number of aromatic nitrogens is 3. The standard InChI is InChI=1S/C20H23N3O4/c1-12-4-6-13(7-5-12)15(24)11-22-19(26)23-16(21-22)9-8-14-10-20(2,3)27-18(25)17(14)23/h4-7,14,17H,8-11H2,1-3H3/t14?,17-/m0/s1. The highest BCUT2D eigenvalue weighted by Gasteiger charge is 2.47. The lowest BCUT2D eigenvalue weighted by Crippen LogP contribution is -2.49. The number of ether oxygens (including phenoxy) is 1. The molecule has 1 unspecified atom stereocenters. The zero-order valence-electron chi connectivity index (χ0n) is 15.8. The zero-order chi connectivity index (χ0) is 19.3. The molecule has 2 aliphatic rings. The minimum Gasteiger partial charge on any atom is -0.458 e. The number of esters is 1. The fourth-order valence-corrected chi connectivity index (χ4v) is 4.19. The lowest BCUT2D eigenvalue weighted by Gasteiger charge is -2.41. The van der Waals surface area contributed by atoms with E-state index in [4.69, 9.17) is 4.74 Å². The Morgan fingerprint density at radius 1 is 1.26 bits per heavy atom. The first kappa shape index (κ1) is 17.7. The molecule has 0 aliphatic carbocycles. The Hall–Kier alpha value is -2.70. The average Bonchev–Trinajstić information content (AvgIpc) is 2.90. The van der Waals surface area contributed by atoms with Gasteiger partial charge in [0.05, 0.1) is 0 Å². The van der Waals surface area contributed by atoms with Gasteiger partial charge in [-0.1, -0.05) is 29.8 Å². The summed E-state index contributed by atoms with van der Waals surface area (Å²) >= 11 is 0. The molecule has 2 aliphatic heterocycles. The second-order valence-electron chi connectivity index (χ2n) is 8.14. The van der Waals surface area contributed by atoms with Crippen LogP contribution in [0.4, 0.5) is 0 Å². The van der Waals surface area contributed by atoms with Gasteiger partial charge in [-0.05, 0) is 39.5 Å². The summed E-state index contributed by atoms with van der Waals surface area (Å²) in [6.07, 6.45) is 2.11. The third-order valence-corrected chi connectivity index (χ3v) is 5.44. The first-order valence-electron chi connectivity index (χ1n) is 9.26. The molecule has 4 rings (SSSR count). The maximum atomic E-state index is 12.9. The van der Waals surface area contributed by atoms with E-state index in [1.807, 2.05) is 32.9 Å². The molecular weight excluding hydrogens is 346 g/mol. The molecule has 0 N–H and O–H groups in total. The van der Waals surface area contributed by atoms with Crippen molar-refractivity contribution < 1.29 is 14.3 Å². The van der Waals surface area contributed by atoms with Crippen LogP contribution in [0.3, 0.4) is 0 Å². The van der Waals surface area contributed by atoms with E-state index in [0.717, 1.165) is 12.0 Å². The predicted octanol–water partition coefficient (Wildman–Crippen LogP) is 2.07. The summed E-state index contributed by atoms with van der Waals surface area (Å²) in [5.41, 5.74) is 0.662. The number of hydrogen-bond donors (Lipinski definition) is 0. The maximum absolute atomic E-state index is 12.9. The fraction of sp³-hybridized carbons (Fsp3) is 0.500. The van der Waals surface area contributed by atoms with Crippen molar-refractivity contribution in [3.8, 4) is 0 Å². The van der Waals surface area contributed by atoms with Gasteiger partial charge in [0.2, 0.25) is 0 Å². The largest absolute Gasteiger partial charge is 0.458 e. The number of carbonyl (C=O) groups is 2. The quantitative estimate of drug-likeness (QED) is 0.611. The number of carbonyl (C=O) groups excluding carboxylic acids is 2. The number of hydrogen-bond acceptors (Lipinski definition) is 5. The van der Waals surface area contributed by atoms with Crippen molar-refractivity contribution in [2.45, 2.75) is 58.2 Å². The number of cyclic esters (lactones) is 1. The summed E-state index contributed by atoms with van der Waals surface area (Å²) in [7, 11) is 0. The molecule has 142 valence electrons. The minimum absolute atomic E-state index is 0.0527. The van der Waals surface area contributed by atoms with Crippen molar-refractivity contribution in [3.63, 3.8) is 0 Å². The van der Waals surface area contributed by atoms with Gasteiger partial charge >= 0.3 is 11.7 Å². The first-order chi connectivity index (χ1) is 12.7. The highest BCUT2D eigenvalue weighted by Crippen LogP contribution is 2.41. The highest BCUT2D eigenvalue weighted by atomic mass is 16.6. The molecule has 7 nitrogen and oxygen atoms in total. The lowest BCUT2D eigenvalue weighted by atomic mass is 9.80. The van der Waals surface area contributed by atoms with Crippen molar-refractivity contribution >= 4 is 11.8 Å². The van der Waals surface area contributed by atoms with Crippen LogP contribution in [0, 0.1) is 12.8 Å². The Morgan fingerprint density at radius 3 is 2.67 bits per heavy atom. The minimum atomic E-state index is -0.641. The first-order valence-corrected chi connectivity index (χ1v) is 9.26. The summed E-state index contributed by atoms with van der Waals surface area (Å²) in [6, 6.07) is 6.57. The molecule has 1 aromatic carbocycles. The topological polar surface area (TPSA) is 83.2 Å². The van der Waals surface area contributed by atoms with Gasteiger partial charge in [-0.3, -0.25) is 9.36 Å². The van der Waals surface area contributed by atoms with Crippen LogP contribution in [0.15, 0.2) is 29.1 Å². The molecule has 2 aromatic rings. The van der Waals surface area contributed by atoms with Crippen LogP contribution in [0.2, 0.25) is 0 Å². The van der Waals surface area contributed by atoms with Gasteiger partial charge in [-0.2, -0.15) is 5.10 Å². The average molecular weight is 369 g/mol. The summed E-state index contributed by atoms with van der Waals surface area (Å²) < 4.78 is 8.14. The predicted molar refractivity (Wildman–Crippen MR) is 97.6 cm³/mol. The molecule has 2 atom stereocenters. The number of rotatable bonds is 3. The maximum Gasteiger partial charge on any atom is 0.347 e. The van der Waals surface area contributed by atoms with E-state index in [9.17, 15) is 14.4 Å². The molecule has 1 saturated heterocycles. The fourth-order valence-electron chi connectivity index (χ4n) is 4.19. The number of benzene rings is 1. The van der Waals surface area contributed by atoms with Crippen molar-refractivity contribution in [2.24, 2.45) is 5.92 Å².